The fourth-order valence-electron chi connectivity index (χ4n) is 2.74. The summed E-state index contributed by atoms with van der Waals surface area (Å²) in [6.45, 7) is 1.45. The second kappa shape index (κ2) is 15.2. The normalized spacial score (nSPS) is 9.57. The van der Waals surface area contributed by atoms with Crippen molar-refractivity contribution in [1.82, 2.24) is 0 Å². The highest BCUT2D eigenvalue weighted by molar-refractivity contribution is 5.32. The molecular formula is C26H30O2. The van der Waals surface area contributed by atoms with Gasteiger partial charge in [0.25, 0.3) is 0 Å². The van der Waals surface area contributed by atoms with Crippen LogP contribution in [0.5, 0.6) is 0 Å². The molecule has 0 heterocycles. The van der Waals surface area contributed by atoms with Crippen LogP contribution in [-0.2, 0) is 9.47 Å². The minimum Gasteiger partial charge on any atom is -0.446 e. The SMILES string of the molecule is C(#Cc1ccccc1)OCCCCCCCCCCOC#Cc1ccccc1. The predicted molar refractivity (Wildman–Crippen MR) is 115 cm³/mol. The molecule has 0 saturated heterocycles. The highest BCUT2D eigenvalue weighted by Crippen LogP contribution is 2.08. The molecule has 0 spiro atoms. The van der Waals surface area contributed by atoms with Gasteiger partial charge in [0, 0.05) is 11.1 Å². The monoisotopic (exact) mass is 374 g/mol. The standard InChI is InChI=1S/C26H30O2/c1(3-5-13-21-27-23-19-25-15-9-7-10-16-25)2-4-6-14-22-28-24-20-26-17-11-8-12-18-26/h7-12,15-18H,1-6,13-14,21-22H2. The Morgan fingerprint density at radius 2 is 0.821 bits per heavy atom. The molecular weight excluding hydrogens is 344 g/mol. The van der Waals surface area contributed by atoms with Crippen molar-refractivity contribution >= 4 is 0 Å². The lowest BCUT2D eigenvalue weighted by Gasteiger charge is -2.02. The molecule has 0 aliphatic carbocycles. The molecule has 0 N–H and O–H groups in total. The van der Waals surface area contributed by atoms with Crippen molar-refractivity contribution in [2.24, 2.45) is 0 Å². The summed E-state index contributed by atoms with van der Waals surface area (Å²) in [5.74, 6) is 6.01. The van der Waals surface area contributed by atoms with Gasteiger partial charge in [-0.05, 0) is 48.9 Å². The Labute approximate surface area is 170 Å². The molecule has 0 bridgehead atoms. The Bertz CT molecular complexity index is 678. The quantitative estimate of drug-likeness (QED) is 0.346. The van der Waals surface area contributed by atoms with Gasteiger partial charge in [-0.3, -0.25) is 0 Å². The summed E-state index contributed by atoms with van der Waals surface area (Å²) in [6, 6.07) is 19.9. The van der Waals surface area contributed by atoms with E-state index in [1.165, 1.54) is 38.5 Å². The van der Waals surface area contributed by atoms with Gasteiger partial charge in [-0.1, -0.05) is 74.9 Å². The summed E-state index contributed by atoms with van der Waals surface area (Å²) in [5, 5.41) is 0. The van der Waals surface area contributed by atoms with Gasteiger partial charge >= 0.3 is 0 Å². The van der Waals surface area contributed by atoms with Crippen molar-refractivity contribution in [2.45, 2.75) is 51.4 Å². The highest BCUT2D eigenvalue weighted by atomic mass is 16.5. The van der Waals surface area contributed by atoms with Crippen molar-refractivity contribution in [3.05, 3.63) is 71.8 Å². The molecule has 0 unspecified atom stereocenters. The predicted octanol–water partition coefficient (Wildman–Crippen LogP) is 6.16. The Balaban J connectivity index is 1.33. The second-order valence-electron chi connectivity index (χ2n) is 6.71. The van der Waals surface area contributed by atoms with Crippen LogP contribution in [0.1, 0.15) is 62.5 Å². The fraction of sp³-hybridized carbons (Fsp3) is 0.385. The van der Waals surface area contributed by atoms with E-state index in [1.807, 2.05) is 60.7 Å². The molecule has 0 amide bonds. The average molecular weight is 375 g/mol. The van der Waals surface area contributed by atoms with Gasteiger partial charge in [0.2, 0.25) is 0 Å². The summed E-state index contributed by atoms with van der Waals surface area (Å²) in [6.07, 6.45) is 15.3. The third kappa shape index (κ3) is 11.0. The van der Waals surface area contributed by atoms with E-state index in [4.69, 9.17) is 9.47 Å². The summed E-state index contributed by atoms with van der Waals surface area (Å²) < 4.78 is 10.7. The molecule has 2 nitrogen and oxygen atoms in total. The van der Waals surface area contributed by atoms with Crippen molar-refractivity contribution < 1.29 is 9.47 Å². The molecule has 2 aromatic carbocycles. The molecule has 0 atom stereocenters. The molecule has 146 valence electrons. The number of rotatable bonds is 11. The third-order valence-electron chi connectivity index (χ3n) is 4.33. The van der Waals surface area contributed by atoms with Crippen LogP contribution in [0.3, 0.4) is 0 Å². The van der Waals surface area contributed by atoms with Gasteiger partial charge in [-0.15, -0.1) is 0 Å². The van der Waals surface area contributed by atoms with Gasteiger partial charge in [0.15, 0.2) is 0 Å². The van der Waals surface area contributed by atoms with Gasteiger partial charge in [0.1, 0.15) is 25.4 Å². The second-order valence-corrected chi connectivity index (χ2v) is 6.71. The van der Waals surface area contributed by atoms with E-state index in [9.17, 15) is 0 Å². The Morgan fingerprint density at radius 3 is 1.21 bits per heavy atom. The summed E-state index contributed by atoms with van der Waals surface area (Å²) >= 11 is 0. The van der Waals surface area contributed by atoms with E-state index in [0.717, 1.165) is 37.2 Å². The molecule has 0 radical (unpaired) electrons. The van der Waals surface area contributed by atoms with E-state index in [2.05, 4.69) is 24.1 Å². The van der Waals surface area contributed by atoms with Crippen LogP contribution in [0.15, 0.2) is 60.7 Å². The first-order valence-corrected chi connectivity index (χ1v) is 10.3. The number of unbranched alkanes of at least 4 members (excludes halogenated alkanes) is 7. The van der Waals surface area contributed by atoms with Crippen LogP contribution in [0.25, 0.3) is 0 Å². The van der Waals surface area contributed by atoms with Crippen LogP contribution in [0.2, 0.25) is 0 Å². The summed E-state index contributed by atoms with van der Waals surface area (Å²) in [5.41, 5.74) is 1.99. The van der Waals surface area contributed by atoms with Crippen molar-refractivity contribution in [3.63, 3.8) is 0 Å². The maximum atomic E-state index is 5.37. The van der Waals surface area contributed by atoms with Crippen LogP contribution in [0.4, 0.5) is 0 Å². The van der Waals surface area contributed by atoms with Crippen molar-refractivity contribution in [1.29, 1.82) is 0 Å². The largest absolute Gasteiger partial charge is 0.446 e. The molecule has 0 aliphatic heterocycles. The molecule has 2 rings (SSSR count). The average Bonchev–Trinajstić information content (AvgIpc) is 2.75. The first-order chi connectivity index (χ1) is 13.9. The zero-order valence-corrected chi connectivity index (χ0v) is 16.7. The molecule has 2 heteroatoms. The molecule has 0 aromatic heterocycles. The lowest BCUT2D eigenvalue weighted by atomic mass is 10.1. The molecule has 28 heavy (non-hydrogen) atoms. The van der Waals surface area contributed by atoms with Gasteiger partial charge < -0.3 is 9.47 Å². The van der Waals surface area contributed by atoms with Gasteiger partial charge in [0.05, 0.1) is 0 Å². The Hall–Kier alpha value is -2.84. The maximum Gasteiger partial charge on any atom is 0.115 e. The maximum absolute atomic E-state index is 5.37. The van der Waals surface area contributed by atoms with Crippen LogP contribution < -0.4 is 0 Å². The molecule has 0 fully saturated rings. The van der Waals surface area contributed by atoms with Crippen LogP contribution in [-0.4, -0.2) is 13.2 Å². The van der Waals surface area contributed by atoms with E-state index in [1.54, 1.807) is 0 Å². The number of hydrogen-bond donors (Lipinski definition) is 0. The van der Waals surface area contributed by atoms with Crippen LogP contribution >= 0.6 is 0 Å². The van der Waals surface area contributed by atoms with E-state index < -0.39 is 0 Å². The van der Waals surface area contributed by atoms with E-state index >= 15 is 0 Å². The third-order valence-corrected chi connectivity index (χ3v) is 4.33. The van der Waals surface area contributed by atoms with Crippen LogP contribution in [0, 0.1) is 24.1 Å². The molecule has 2 aromatic rings. The Kier molecular flexibility index (Phi) is 11.7. The first-order valence-electron chi connectivity index (χ1n) is 10.3. The summed E-state index contributed by atoms with van der Waals surface area (Å²) in [4.78, 5) is 0. The minimum atomic E-state index is 0.723. The zero-order chi connectivity index (χ0) is 19.5. The smallest absolute Gasteiger partial charge is 0.115 e. The summed E-state index contributed by atoms with van der Waals surface area (Å²) in [7, 11) is 0. The highest BCUT2D eigenvalue weighted by Gasteiger charge is 1.93. The number of ether oxygens (including phenoxy) is 2. The fourth-order valence-corrected chi connectivity index (χ4v) is 2.74. The van der Waals surface area contributed by atoms with Crippen molar-refractivity contribution in [2.75, 3.05) is 13.2 Å². The number of hydrogen-bond acceptors (Lipinski definition) is 2. The van der Waals surface area contributed by atoms with Gasteiger partial charge in [-0.25, -0.2) is 0 Å². The zero-order valence-electron chi connectivity index (χ0n) is 16.7. The Morgan fingerprint density at radius 1 is 0.464 bits per heavy atom. The topological polar surface area (TPSA) is 18.5 Å². The lowest BCUT2D eigenvalue weighted by molar-refractivity contribution is 0.264. The van der Waals surface area contributed by atoms with E-state index in [-0.39, 0.29) is 0 Å². The molecule has 0 saturated carbocycles. The molecule has 0 aliphatic rings. The lowest BCUT2D eigenvalue weighted by Crippen LogP contribution is -1.90. The van der Waals surface area contributed by atoms with Gasteiger partial charge in [-0.2, -0.15) is 0 Å². The first kappa shape index (κ1) is 21.5. The minimum absolute atomic E-state index is 0.723. The van der Waals surface area contributed by atoms with E-state index in [0.29, 0.717) is 0 Å². The van der Waals surface area contributed by atoms with Crippen molar-refractivity contribution in [3.8, 4) is 24.1 Å². The number of benzene rings is 2.